The molecule has 0 aliphatic heterocycles. The summed E-state index contributed by atoms with van der Waals surface area (Å²) in [6, 6.07) is 27.6. The Labute approximate surface area is 347 Å². The molecule has 0 saturated carbocycles. The molecular formula is C52H76O5. The molecule has 0 aliphatic carbocycles. The van der Waals surface area contributed by atoms with Crippen molar-refractivity contribution in [2.45, 2.75) is 132 Å². The third-order valence-corrected chi connectivity index (χ3v) is 9.44. The molecule has 5 nitrogen and oxygen atoms in total. The van der Waals surface area contributed by atoms with Crippen LogP contribution in [-0.2, 0) is 0 Å². The van der Waals surface area contributed by atoms with E-state index in [0.29, 0.717) is 53.4 Å². The Bertz CT molecular complexity index is 1730. The Morgan fingerprint density at radius 2 is 0.965 bits per heavy atom. The molecule has 0 amide bonds. The average Bonchev–Trinajstić information content (AvgIpc) is 3.19. The number of aromatic hydroxyl groups is 3. The van der Waals surface area contributed by atoms with Crippen molar-refractivity contribution < 1.29 is 25.2 Å². The van der Waals surface area contributed by atoms with E-state index < -0.39 is 0 Å². The summed E-state index contributed by atoms with van der Waals surface area (Å²) >= 11 is 0. The first kappa shape index (κ1) is 52.3. The van der Waals surface area contributed by atoms with E-state index in [0.717, 1.165) is 40.0 Å². The lowest BCUT2D eigenvalue weighted by molar-refractivity contribution is 0.342. The van der Waals surface area contributed by atoms with Crippen LogP contribution in [0.25, 0.3) is 0 Å². The molecular weight excluding hydrogens is 705 g/mol. The first-order chi connectivity index (χ1) is 27.0. The van der Waals surface area contributed by atoms with Gasteiger partial charge in [-0.2, -0.15) is 0 Å². The SMILES string of the molecule is C/C=C/CO.C/C=C/COc1ccccc1C(C)C.C=CC(C)c1cccc(C(C)C)c1O.CC(C)c1ccccc1O.CCC(C)c1cccc(C(C)C)c1O. The quantitative estimate of drug-likeness (QED) is 0.108. The summed E-state index contributed by atoms with van der Waals surface area (Å²) in [7, 11) is 0. The maximum Gasteiger partial charge on any atom is 0.123 e. The van der Waals surface area contributed by atoms with Crippen molar-refractivity contribution in [1.82, 2.24) is 0 Å². The van der Waals surface area contributed by atoms with Gasteiger partial charge in [0.1, 0.15) is 29.6 Å². The highest BCUT2D eigenvalue weighted by Crippen LogP contribution is 2.35. The molecule has 0 heterocycles. The van der Waals surface area contributed by atoms with E-state index in [1.54, 1.807) is 18.2 Å². The summed E-state index contributed by atoms with van der Waals surface area (Å²) in [4.78, 5) is 0. The van der Waals surface area contributed by atoms with Crippen LogP contribution in [0.2, 0.25) is 0 Å². The molecule has 2 unspecified atom stereocenters. The van der Waals surface area contributed by atoms with Gasteiger partial charge in [0.15, 0.2) is 0 Å². The van der Waals surface area contributed by atoms with E-state index in [1.807, 2.05) is 106 Å². The van der Waals surface area contributed by atoms with Crippen molar-refractivity contribution >= 4 is 0 Å². The number of benzene rings is 4. The van der Waals surface area contributed by atoms with Crippen molar-refractivity contribution in [2.24, 2.45) is 0 Å². The molecule has 5 heteroatoms. The van der Waals surface area contributed by atoms with Gasteiger partial charge in [-0.3, -0.25) is 0 Å². The van der Waals surface area contributed by atoms with Crippen molar-refractivity contribution in [2.75, 3.05) is 13.2 Å². The van der Waals surface area contributed by atoms with Crippen LogP contribution < -0.4 is 4.74 Å². The number of hydrogen-bond acceptors (Lipinski definition) is 5. The number of rotatable bonds is 12. The molecule has 4 N–H and O–H groups in total. The lowest BCUT2D eigenvalue weighted by Crippen LogP contribution is -1.98. The molecule has 4 aromatic rings. The van der Waals surface area contributed by atoms with Gasteiger partial charge >= 0.3 is 0 Å². The fourth-order valence-electron chi connectivity index (χ4n) is 5.61. The topological polar surface area (TPSA) is 90.2 Å². The normalized spacial score (nSPS) is 11.8. The van der Waals surface area contributed by atoms with Crippen LogP contribution in [-0.4, -0.2) is 33.6 Å². The van der Waals surface area contributed by atoms with Crippen LogP contribution in [0.15, 0.2) is 122 Å². The van der Waals surface area contributed by atoms with Crippen LogP contribution in [0, 0.1) is 0 Å². The van der Waals surface area contributed by atoms with E-state index in [9.17, 15) is 15.3 Å². The summed E-state index contributed by atoms with van der Waals surface area (Å²) in [5.41, 5.74) is 6.41. The Balaban J connectivity index is 0.000000709. The third-order valence-electron chi connectivity index (χ3n) is 9.44. The third kappa shape index (κ3) is 19.3. The Morgan fingerprint density at radius 3 is 1.37 bits per heavy atom. The number of para-hydroxylation sites is 4. The Morgan fingerprint density at radius 1 is 0.544 bits per heavy atom. The van der Waals surface area contributed by atoms with E-state index in [4.69, 9.17) is 9.84 Å². The predicted molar refractivity (Wildman–Crippen MR) is 247 cm³/mol. The Hall–Kier alpha value is -4.74. The highest BCUT2D eigenvalue weighted by molar-refractivity contribution is 5.45. The van der Waals surface area contributed by atoms with E-state index in [1.165, 1.54) is 5.56 Å². The van der Waals surface area contributed by atoms with Gasteiger partial charge in [-0.1, -0.05) is 179 Å². The molecule has 4 aromatic carbocycles. The minimum Gasteiger partial charge on any atom is -0.508 e. The monoisotopic (exact) mass is 781 g/mol. The molecule has 0 saturated heterocycles. The molecule has 0 aromatic heterocycles. The molecule has 314 valence electrons. The summed E-state index contributed by atoms with van der Waals surface area (Å²) in [5.74, 6) is 4.62. The van der Waals surface area contributed by atoms with E-state index in [2.05, 4.69) is 87.9 Å². The maximum absolute atomic E-state index is 10.1. The van der Waals surface area contributed by atoms with Crippen molar-refractivity contribution in [1.29, 1.82) is 0 Å². The second-order valence-corrected chi connectivity index (χ2v) is 15.3. The van der Waals surface area contributed by atoms with Gasteiger partial charge in [0.2, 0.25) is 0 Å². The molecule has 57 heavy (non-hydrogen) atoms. The molecule has 0 spiro atoms. The van der Waals surface area contributed by atoms with Crippen LogP contribution in [0.4, 0.5) is 0 Å². The minimum absolute atomic E-state index is 0.163. The highest BCUT2D eigenvalue weighted by atomic mass is 16.5. The summed E-state index contributed by atoms with van der Waals surface area (Å²) in [6.07, 6.45) is 10.4. The zero-order chi connectivity index (χ0) is 43.5. The van der Waals surface area contributed by atoms with Crippen LogP contribution in [0.3, 0.4) is 0 Å². The maximum atomic E-state index is 10.1. The van der Waals surface area contributed by atoms with Gasteiger partial charge in [0, 0.05) is 11.5 Å². The molecule has 0 aliphatic rings. The molecule has 0 fully saturated rings. The fourth-order valence-corrected chi connectivity index (χ4v) is 5.61. The largest absolute Gasteiger partial charge is 0.508 e. The first-order valence-electron chi connectivity index (χ1n) is 20.6. The van der Waals surface area contributed by atoms with Gasteiger partial charge < -0.3 is 25.2 Å². The van der Waals surface area contributed by atoms with Gasteiger partial charge in [0.05, 0.1) is 6.61 Å². The van der Waals surface area contributed by atoms with Crippen molar-refractivity contribution in [3.05, 3.63) is 155 Å². The van der Waals surface area contributed by atoms with Crippen LogP contribution in [0.5, 0.6) is 23.0 Å². The highest BCUT2D eigenvalue weighted by Gasteiger charge is 2.14. The van der Waals surface area contributed by atoms with Gasteiger partial charge in [0.25, 0.3) is 0 Å². The number of aliphatic hydroxyl groups excluding tert-OH is 1. The number of phenols is 3. The smallest absolute Gasteiger partial charge is 0.123 e. The predicted octanol–water partition coefficient (Wildman–Crippen LogP) is 14.7. The van der Waals surface area contributed by atoms with Crippen molar-refractivity contribution in [3.63, 3.8) is 0 Å². The van der Waals surface area contributed by atoms with Crippen molar-refractivity contribution in [3.8, 4) is 23.0 Å². The molecule has 2 atom stereocenters. The second kappa shape index (κ2) is 29.5. The van der Waals surface area contributed by atoms with E-state index >= 15 is 0 Å². The number of phenolic OH excluding ortho intramolecular Hbond substituents is 3. The number of allylic oxidation sites excluding steroid dienone is 3. The lowest BCUT2D eigenvalue weighted by atomic mass is 9.92. The standard InChI is InChI=1S/C13H20O.2C13H18O.C9H12O.C4H8O/c2*1-5-10(4)12-8-6-7-11(9(2)3)13(12)14;1-4-5-10-14-13-9-7-6-8-12(13)11(2)3;1-7(2)8-5-3-4-6-9(8)10;1-2-3-4-5/h6-10,14H,5H2,1-4H3;5-10,14H,1H2,2-4H3;4-9,11H,10H2,1-3H3;3-7,10H,1-2H3;2-3,5H,4H2,1H3/b;;5-4+;;3-2+. The minimum atomic E-state index is 0.163. The summed E-state index contributed by atoms with van der Waals surface area (Å²) in [5, 5.41) is 37.3. The number of ether oxygens (including phenoxy) is 1. The van der Waals surface area contributed by atoms with Gasteiger partial charge in [-0.05, 0) is 89.8 Å². The first-order valence-corrected chi connectivity index (χ1v) is 20.6. The number of aliphatic hydroxyl groups is 1. The Kier molecular flexibility index (Phi) is 27.0. The zero-order valence-corrected chi connectivity index (χ0v) is 37.5. The molecule has 4 rings (SSSR count). The number of hydrogen-bond donors (Lipinski definition) is 4. The molecule has 0 bridgehead atoms. The summed E-state index contributed by atoms with van der Waals surface area (Å²) < 4.78 is 5.65. The summed E-state index contributed by atoms with van der Waals surface area (Å²) in [6.45, 7) is 31.6. The van der Waals surface area contributed by atoms with E-state index in [-0.39, 0.29) is 12.5 Å². The average molecular weight is 781 g/mol. The van der Waals surface area contributed by atoms with Gasteiger partial charge in [-0.25, -0.2) is 0 Å². The molecule has 0 radical (unpaired) electrons. The zero-order valence-electron chi connectivity index (χ0n) is 37.5. The fraction of sp³-hybridized carbons (Fsp3) is 0.423. The van der Waals surface area contributed by atoms with Crippen LogP contribution in [0.1, 0.15) is 165 Å². The van der Waals surface area contributed by atoms with Gasteiger partial charge in [-0.15, -0.1) is 6.58 Å². The second-order valence-electron chi connectivity index (χ2n) is 15.3. The lowest BCUT2D eigenvalue weighted by Gasteiger charge is -2.16. The van der Waals surface area contributed by atoms with Crippen LogP contribution >= 0.6 is 0 Å².